The Hall–Kier alpha value is -2.10. The number of anilines is 1. The fraction of sp³-hybridized carbons (Fsp3) is 0.375. The van der Waals surface area contributed by atoms with Crippen molar-refractivity contribution in [3.05, 3.63) is 76.8 Å². The van der Waals surface area contributed by atoms with Gasteiger partial charge in [0.15, 0.2) is 0 Å². The number of halogens is 1. The maximum Gasteiger partial charge on any atom is 0.258 e. The lowest BCUT2D eigenvalue weighted by atomic mass is 10.0. The maximum absolute atomic E-state index is 12.8. The van der Waals surface area contributed by atoms with Crippen molar-refractivity contribution in [2.24, 2.45) is 0 Å². The van der Waals surface area contributed by atoms with Crippen molar-refractivity contribution in [3.63, 3.8) is 0 Å². The number of benzene rings is 2. The number of fused-ring (bicyclic) bond motifs is 1. The molecular formula is C24H29ClN2O. The highest BCUT2D eigenvalue weighted by Gasteiger charge is 2.25. The first-order valence-electron chi connectivity index (χ1n) is 10.1. The molecule has 3 rings (SSSR count). The van der Waals surface area contributed by atoms with Crippen LogP contribution in [0.2, 0.25) is 5.02 Å². The molecule has 0 atom stereocenters. The van der Waals surface area contributed by atoms with Crippen LogP contribution in [-0.2, 0) is 12.8 Å². The van der Waals surface area contributed by atoms with Crippen LogP contribution >= 0.6 is 11.6 Å². The van der Waals surface area contributed by atoms with Gasteiger partial charge in [-0.1, -0.05) is 36.2 Å². The number of carbonyl (C=O) groups is 1. The normalized spacial score (nSPS) is 13.0. The molecule has 28 heavy (non-hydrogen) atoms. The number of nitrogens with zero attached hydrogens (tertiary/aromatic N) is 2. The number of unbranched alkanes of at least 4 members (excludes halogenated alkanes) is 2. The van der Waals surface area contributed by atoms with Gasteiger partial charge in [-0.3, -0.25) is 4.79 Å². The van der Waals surface area contributed by atoms with Crippen molar-refractivity contribution in [1.29, 1.82) is 0 Å². The lowest BCUT2D eigenvalue weighted by Crippen LogP contribution is -2.28. The molecule has 0 fully saturated rings. The van der Waals surface area contributed by atoms with Gasteiger partial charge in [0.05, 0.1) is 0 Å². The summed E-state index contributed by atoms with van der Waals surface area (Å²) in [7, 11) is 2.14. The molecule has 0 saturated carbocycles. The van der Waals surface area contributed by atoms with E-state index < -0.39 is 0 Å². The third-order valence-electron chi connectivity index (χ3n) is 5.32. The van der Waals surface area contributed by atoms with Crippen molar-refractivity contribution >= 4 is 23.2 Å². The molecule has 0 aromatic heterocycles. The van der Waals surface area contributed by atoms with Gasteiger partial charge < -0.3 is 9.80 Å². The summed E-state index contributed by atoms with van der Waals surface area (Å²) in [5, 5.41) is 0.648. The van der Waals surface area contributed by atoms with Crippen molar-refractivity contribution in [1.82, 2.24) is 4.90 Å². The average molecular weight is 397 g/mol. The molecule has 1 aliphatic heterocycles. The molecule has 0 radical (unpaired) electrons. The summed E-state index contributed by atoms with van der Waals surface area (Å²) in [6.07, 6.45) is 7.64. The molecule has 2 aromatic carbocycles. The van der Waals surface area contributed by atoms with E-state index in [1.165, 1.54) is 30.4 Å². The summed E-state index contributed by atoms with van der Waals surface area (Å²) >= 11 is 5.93. The highest BCUT2D eigenvalue weighted by atomic mass is 35.5. The van der Waals surface area contributed by atoms with E-state index in [0.717, 1.165) is 38.2 Å². The number of hydrogen-bond donors (Lipinski definition) is 0. The topological polar surface area (TPSA) is 23.6 Å². The van der Waals surface area contributed by atoms with Crippen molar-refractivity contribution in [2.45, 2.75) is 32.1 Å². The monoisotopic (exact) mass is 396 g/mol. The number of likely N-dealkylation sites (N-methyl/N-ethyl adjacent to an activating group) is 1. The molecule has 4 heteroatoms. The fourth-order valence-electron chi connectivity index (χ4n) is 3.77. The largest absolute Gasteiger partial charge is 0.308 e. The Morgan fingerprint density at radius 3 is 2.71 bits per heavy atom. The van der Waals surface area contributed by atoms with Gasteiger partial charge in [0.2, 0.25) is 0 Å². The molecule has 3 nitrogen and oxygen atoms in total. The molecule has 2 aromatic rings. The van der Waals surface area contributed by atoms with E-state index in [0.29, 0.717) is 10.6 Å². The lowest BCUT2D eigenvalue weighted by Gasteiger charge is -2.18. The highest BCUT2D eigenvalue weighted by Crippen LogP contribution is 2.30. The predicted molar refractivity (Wildman–Crippen MR) is 119 cm³/mol. The Bertz CT molecular complexity index is 816. The molecule has 1 heterocycles. The average Bonchev–Trinajstić information content (AvgIpc) is 3.11. The standard InChI is InChI=1S/C24H29ClN2O/c1-3-15-26(2)16-6-4-5-7-19-8-13-23-21(18-19)14-17-27(23)24(28)20-9-11-22(25)12-10-20/h3,8-13,18H,1,4-7,14-17H2,2H3. The van der Waals surface area contributed by atoms with Gasteiger partial charge in [0, 0.05) is 29.4 Å². The third kappa shape index (κ3) is 5.24. The van der Waals surface area contributed by atoms with Crippen LogP contribution in [0.4, 0.5) is 5.69 Å². The number of hydrogen-bond acceptors (Lipinski definition) is 2. The van der Waals surface area contributed by atoms with Gasteiger partial charge in [0.25, 0.3) is 5.91 Å². The summed E-state index contributed by atoms with van der Waals surface area (Å²) in [5.74, 6) is 0.0480. The molecular weight excluding hydrogens is 368 g/mol. The molecule has 1 aliphatic rings. The van der Waals surface area contributed by atoms with Gasteiger partial charge in [-0.15, -0.1) is 6.58 Å². The number of carbonyl (C=O) groups excluding carboxylic acids is 1. The summed E-state index contributed by atoms with van der Waals surface area (Å²) in [6, 6.07) is 13.7. The molecule has 0 aliphatic carbocycles. The Labute approximate surface area is 173 Å². The number of aryl methyl sites for hydroxylation is 1. The summed E-state index contributed by atoms with van der Waals surface area (Å²) in [4.78, 5) is 17.0. The number of amides is 1. The zero-order valence-corrected chi connectivity index (χ0v) is 17.4. The van der Waals surface area contributed by atoms with Crippen LogP contribution in [0, 0.1) is 0 Å². The molecule has 0 bridgehead atoms. The van der Waals surface area contributed by atoms with Crippen molar-refractivity contribution < 1.29 is 4.79 Å². The second-order valence-electron chi connectivity index (χ2n) is 7.54. The fourth-order valence-corrected chi connectivity index (χ4v) is 3.90. The van der Waals surface area contributed by atoms with Gasteiger partial charge >= 0.3 is 0 Å². The molecule has 0 saturated heterocycles. The quantitative estimate of drug-likeness (QED) is 0.420. The molecule has 148 valence electrons. The Morgan fingerprint density at radius 1 is 1.18 bits per heavy atom. The van der Waals surface area contributed by atoms with Crippen LogP contribution in [0.5, 0.6) is 0 Å². The minimum absolute atomic E-state index is 0.0480. The second-order valence-corrected chi connectivity index (χ2v) is 7.97. The minimum Gasteiger partial charge on any atom is -0.308 e. The highest BCUT2D eigenvalue weighted by molar-refractivity contribution is 6.30. The number of rotatable bonds is 9. The molecule has 0 spiro atoms. The minimum atomic E-state index is 0.0480. The molecule has 1 amide bonds. The smallest absolute Gasteiger partial charge is 0.258 e. The van der Waals surface area contributed by atoms with E-state index in [9.17, 15) is 4.79 Å². The van der Waals surface area contributed by atoms with Crippen LogP contribution in [0.15, 0.2) is 55.1 Å². The van der Waals surface area contributed by atoms with E-state index in [4.69, 9.17) is 11.6 Å². The SMILES string of the molecule is C=CCN(C)CCCCCc1ccc2c(c1)CCN2C(=O)c1ccc(Cl)cc1. The van der Waals surface area contributed by atoms with Crippen molar-refractivity contribution in [3.8, 4) is 0 Å². The van der Waals surface area contributed by atoms with E-state index in [1.54, 1.807) is 24.3 Å². The Kier molecular flexibility index (Phi) is 7.30. The van der Waals surface area contributed by atoms with E-state index in [1.807, 2.05) is 11.0 Å². The first-order valence-corrected chi connectivity index (χ1v) is 10.4. The van der Waals surface area contributed by atoms with Crippen LogP contribution in [-0.4, -0.2) is 37.5 Å². The molecule has 0 N–H and O–H groups in total. The lowest BCUT2D eigenvalue weighted by molar-refractivity contribution is 0.0989. The van der Waals surface area contributed by atoms with Crippen LogP contribution < -0.4 is 4.90 Å². The Morgan fingerprint density at radius 2 is 1.96 bits per heavy atom. The Balaban J connectivity index is 1.53. The first kappa shape index (κ1) is 20.6. The maximum atomic E-state index is 12.8. The van der Waals surface area contributed by atoms with Gasteiger partial charge in [-0.05, 0) is 80.7 Å². The zero-order chi connectivity index (χ0) is 19.9. The summed E-state index contributed by atoms with van der Waals surface area (Å²) < 4.78 is 0. The van der Waals surface area contributed by atoms with Gasteiger partial charge in [-0.25, -0.2) is 0 Å². The summed E-state index contributed by atoms with van der Waals surface area (Å²) in [6.45, 7) is 6.60. The summed E-state index contributed by atoms with van der Waals surface area (Å²) in [5.41, 5.74) is 4.39. The molecule has 0 unspecified atom stereocenters. The van der Waals surface area contributed by atoms with Gasteiger partial charge in [-0.2, -0.15) is 0 Å². The zero-order valence-electron chi connectivity index (χ0n) is 16.7. The van der Waals surface area contributed by atoms with E-state index in [2.05, 4.69) is 36.7 Å². The van der Waals surface area contributed by atoms with E-state index >= 15 is 0 Å². The van der Waals surface area contributed by atoms with Crippen LogP contribution in [0.25, 0.3) is 0 Å². The van der Waals surface area contributed by atoms with Crippen molar-refractivity contribution in [2.75, 3.05) is 31.6 Å². The third-order valence-corrected chi connectivity index (χ3v) is 5.57. The van der Waals surface area contributed by atoms with Crippen LogP contribution in [0.3, 0.4) is 0 Å². The first-order chi connectivity index (χ1) is 13.6. The predicted octanol–water partition coefficient (Wildman–Crippen LogP) is 5.37. The second kappa shape index (κ2) is 9.90. The van der Waals surface area contributed by atoms with Crippen LogP contribution in [0.1, 0.15) is 40.7 Å². The van der Waals surface area contributed by atoms with E-state index in [-0.39, 0.29) is 5.91 Å². The van der Waals surface area contributed by atoms with Gasteiger partial charge in [0.1, 0.15) is 0 Å².